The van der Waals surface area contributed by atoms with Crippen LogP contribution in [0.3, 0.4) is 0 Å². The zero-order valence-electron chi connectivity index (χ0n) is 20.8. The Labute approximate surface area is 208 Å². The summed E-state index contributed by atoms with van der Waals surface area (Å²) in [5.41, 5.74) is 5.24. The van der Waals surface area contributed by atoms with Gasteiger partial charge in [-0.3, -0.25) is 24.2 Å². The van der Waals surface area contributed by atoms with E-state index >= 15 is 0 Å². The second-order valence-electron chi connectivity index (χ2n) is 9.31. The Morgan fingerprint density at radius 1 is 1.14 bits per heavy atom. The Morgan fingerprint density at radius 2 is 1.97 bits per heavy atom. The number of carbonyl (C=O) groups is 2. The lowest BCUT2D eigenvalue weighted by Crippen LogP contribution is -2.35. The monoisotopic (exact) mass is 487 g/mol. The Bertz CT molecular complexity index is 1460. The summed E-state index contributed by atoms with van der Waals surface area (Å²) in [6.45, 7) is 7.14. The zero-order valence-corrected chi connectivity index (χ0v) is 20.8. The van der Waals surface area contributed by atoms with E-state index in [-0.39, 0.29) is 11.6 Å². The molecule has 5 heterocycles. The molecule has 36 heavy (non-hydrogen) atoms. The molecule has 0 radical (unpaired) electrons. The maximum Gasteiger partial charge on any atom is 0.278 e. The molecule has 186 valence electrons. The normalized spacial score (nSPS) is 15.9. The highest BCUT2D eigenvalue weighted by molar-refractivity contribution is 6.08. The lowest BCUT2D eigenvalue weighted by molar-refractivity contribution is -0.117. The molecule has 1 fully saturated rings. The van der Waals surface area contributed by atoms with Crippen molar-refractivity contribution in [2.75, 3.05) is 23.7 Å². The van der Waals surface area contributed by atoms with Gasteiger partial charge in [-0.15, -0.1) is 5.10 Å². The minimum atomic E-state index is -0.408. The van der Waals surface area contributed by atoms with Gasteiger partial charge in [0.1, 0.15) is 0 Å². The molecule has 2 N–H and O–H groups in total. The van der Waals surface area contributed by atoms with Crippen LogP contribution in [0, 0.1) is 13.8 Å². The van der Waals surface area contributed by atoms with E-state index in [9.17, 15) is 9.59 Å². The largest absolute Gasteiger partial charge is 0.324 e. The molecule has 2 amide bonds. The lowest BCUT2D eigenvalue weighted by Gasteiger charge is -2.20. The molecule has 5 rings (SSSR count). The summed E-state index contributed by atoms with van der Waals surface area (Å²) in [7, 11) is 1.87. The van der Waals surface area contributed by atoms with Crippen LogP contribution in [0.25, 0.3) is 16.6 Å². The molecule has 0 unspecified atom stereocenters. The van der Waals surface area contributed by atoms with Crippen LogP contribution in [0.15, 0.2) is 36.8 Å². The van der Waals surface area contributed by atoms with Crippen molar-refractivity contribution in [2.45, 2.75) is 39.7 Å². The number of aryl methyl sites for hydroxylation is 3. The molecule has 4 aromatic rings. The van der Waals surface area contributed by atoms with Gasteiger partial charge in [0.25, 0.3) is 5.91 Å². The second-order valence-corrected chi connectivity index (χ2v) is 9.31. The number of nitrogens with zero attached hydrogens (tertiary/aromatic N) is 7. The van der Waals surface area contributed by atoms with Crippen LogP contribution < -0.4 is 10.6 Å². The predicted octanol–water partition coefficient (Wildman–Crippen LogP) is 2.82. The van der Waals surface area contributed by atoms with Gasteiger partial charge in [-0.1, -0.05) is 11.3 Å². The molecular formula is C25H29N9O2. The van der Waals surface area contributed by atoms with Crippen molar-refractivity contribution in [2.24, 2.45) is 7.05 Å². The van der Waals surface area contributed by atoms with Crippen LogP contribution in [0.4, 0.5) is 11.4 Å². The van der Waals surface area contributed by atoms with Crippen LogP contribution in [-0.2, 0) is 11.8 Å². The Hall–Kier alpha value is -4.12. The molecular weight excluding hydrogens is 458 g/mol. The first-order chi connectivity index (χ1) is 17.3. The Balaban J connectivity index is 1.31. The van der Waals surface area contributed by atoms with Crippen molar-refractivity contribution in [1.29, 1.82) is 0 Å². The molecule has 0 aromatic carbocycles. The molecule has 0 spiro atoms. The van der Waals surface area contributed by atoms with E-state index in [1.807, 2.05) is 38.5 Å². The molecule has 1 aliphatic rings. The second kappa shape index (κ2) is 9.50. The number of carbonyl (C=O) groups excluding carboxylic acids is 2. The first kappa shape index (κ1) is 23.6. The van der Waals surface area contributed by atoms with E-state index in [1.165, 1.54) is 0 Å². The number of amides is 2. The highest BCUT2D eigenvalue weighted by Crippen LogP contribution is 2.24. The number of pyridine rings is 2. The summed E-state index contributed by atoms with van der Waals surface area (Å²) >= 11 is 0. The predicted molar refractivity (Wildman–Crippen MR) is 136 cm³/mol. The third kappa shape index (κ3) is 4.69. The van der Waals surface area contributed by atoms with Gasteiger partial charge in [0.2, 0.25) is 5.91 Å². The number of rotatable bonds is 6. The summed E-state index contributed by atoms with van der Waals surface area (Å²) in [5, 5.41) is 18.4. The number of anilines is 2. The highest BCUT2D eigenvalue weighted by Gasteiger charge is 2.23. The quantitative estimate of drug-likeness (QED) is 0.429. The van der Waals surface area contributed by atoms with Crippen molar-refractivity contribution < 1.29 is 9.59 Å². The molecule has 1 atom stereocenters. The molecule has 0 aliphatic carbocycles. The Morgan fingerprint density at radius 3 is 2.69 bits per heavy atom. The average Bonchev–Trinajstić information content (AvgIpc) is 3.53. The standard InChI is InChI=1S/C25H29N9O2/c1-15-6-5-9-33(15)14-23(35)27-19-10-21(17(3)26-11-19)28-25(36)24-22-8-7-18(12-34(22)31-29-24)20-13-32(4)30-16(20)2/h7-8,10-13,15H,5-6,9,14H2,1-4H3,(H,27,35)(H,28,36)/t15-/m0/s1. The number of likely N-dealkylation sites (tertiary alicyclic amines) is 1. The van der Waals surface area contributed by atoms with E-state index in [1.54, 1.807) is 28.4 Å². The van der Waals surface area contributed by atoms with E-state index < -0.39 is 5.91 Å². The fourth-order valence-corrected chi connectivity index (χ4v) is 4.62. The topological polar surface area (TPSA) is 122 Å². The fraction of sp³-hybridized carbons (Fsp3) is 0.360. The van der Waals surface area contributed by atoms with Gasteiger partial charge < -0.3 is 10.6 Å². The minimum absolute atomic E-state index is 0.101. The molecule has 0 bridgehead atoms. The third-order valence-corrected chi connectivity index (χ3v) is 6.61. The van der Waals surface area contributed by atoms with E-state index in [0.29, 0.717) is 35.2 Å². The van der Waals surface area contributed by atoms with E-state index in [4.69, 9.17) is 0 Å². The van der Waals surface area contributed by atoms with Gasteiger partial charge in [-0.05, 0) is 52.3 Å². The van der Waals surface area contributed by atoms with Crippen molar-refractivity contribution in [3.05, 3.63) is 53.9 Å². The molecule has 1 aliphatic heterocycles. The highest BCUT2D eigenvalue weighted by atomic mass is 16.2. The van der Waals surface area contributed by atoms with Crippen LogP contribution >= 0.6 is 0 Å². The van der Waals surface area contributed by atoms with E-state index in [0.717, 1.165) is 36.2 Å². The van der Waals surface area contributed by atoms with Gasteiger partial charge in [-0.25, -0.2) is 4.52 Å². The van der Waals surface area contributed by atoms with E-state index in [2.05, 4.69) is 42.9 Å². The molecule has 0 saturated carbocycles. The van der Waals surface area contributed by atoms with Gasteiger partial charge in [0, 0.05) is 36.6 Å². The summed E-state index contributed by atoms with van der Waals surface area (Å²) in [6, 6.07) is 5.85. The molecule has 1 saturated heterocycles. The van der Waals surface area contributed by atoms with Gasteiger partial charge in [0.05, 0.1) is 41.0 Å². The fourth-order valence-electron chi connectivity index (χ4n) is 4.62. The summed E-state index contributed by atoms with van der Waals surface area (Å²) in [5.74, 6) is -0.509. The van der Waals surface area contributed by atoms with Crippen molar-refractivity contribution in [3.63, 3.8) is 0 Å². The first-order valence-corrected chi connectivity index (χ1v) is 12.0. The van der Waals surface area contributed by atoms with Gasteiger partial charge in [0.15, 0.2) is 5.69 Å². The third-order valence-electron chi connectivity index (χ3n) is 6.61. The summed E-state index contributed by atoms with van der Waals surface area (Å²) < 4.78 is 3.34. The smallest absolute Gasteiger partial charge is 0.278 e. The van der Waals surface area contributed by atoms with Crippen molar-refractivity contribution in [1.82, 2.24) is 34.5 Å². The summed E-state index contributed by atoms with van der Waals surface area (Å²) in [4.78, 5) is 32.1. The molecule has 4 aromatic heterocycles. The maximum atomic E-state index is 13.1. The van der Waals surface area contributed by atoms with Crippen LogP contribution in [0.1, 0.15) is 41.6 Å². The van der Waals surface area contributed by atoms with Gasteiger partial charge in [-0.2, -0.15) is 5.10 Å². The molecule has 11 heteroatoms. The number of fused-ring (bicyclic) bond motifs is 1. The SMILES string of the molecule is Cc1ncc(NC(=O)CN2CCC[C@@H]2C)cc1NC(=O)c1nnn2cc(-c3cn(C)nc3C)ccc12. The number of nitrogens with one attached hydrogen (secondary N) is 2. The van der Waals surface area contributed by atoms with Crippen LogP contribution in [-0.4, -0.2) is 65.4 Å². The molecule has 11 nitrogen and oxygen atoms in total. The maximum absolute atomic E-state index is 13.1. The number of aromatic nitrogens is 6. The summed E-state index contributed by atoms with van der Waals surface area (Å²) in [6.07, 6.45) is 7.57. The number of hydrogen-bond donors (Lipinski definition) is 2. The number of hydrogen-bond acceptors (Lipinski definition) is 7. The minimum Gasteiger partial charge on any atom is -0.324 e. The van der Waals surface area contributed by atoms with Crippen molar-refractivity contribution in [3.8, 4) is 11.1 Å². The van der Waals surface area contributed by atoms with Gasteiger partial charge >= 0.3 is 0 Å². The zero-order chi connectivity index (χ0) is 25.4. The van der Waals surface area contributed by atoms with Crippen LogP contribution in [0.5, 0.6) is 0 Å². The Kier molecular flexibility index (Phi) is 6.23. The average molecular weight is 488 g/mol. The van der Waals surface area contributed by atoms with Crippen molar-refractivity contribution >= 4 is 28.7 Å². The first-order valence-electron chi connectivity index (χ1n) is 12.0. The van der Waals surface area contributed by atoms with Crippen LogP contribution in [0.2, 0.25) is 0 Å². The lowest BCUT2D eigenvalue weighted by atomic mass is 10.1.